The monoisotopic (exact) mass is 239 g/mol. The zero-order chi connectivity index (χ0) is 10.6. The predicted molar refractivity (Wildman–Crippen MR) is 56.5 cm³/mol. The molecule has 68 valence electrons. The molecule has 1 aromatic carbocycles. The molecule has 1 fully saturated rings. The molecule has 0 aromatic heterocycles. The fourth-order valence-corrected chi connectivity index (χ4v) is 2.53. The van der Waals surface area contributed by atoms with Gasteiger partial charge in [-0.1, -0.05) is 22.0 Å². The van der Waals surface area contributed by atoms with Gasteiger partial charge in [-0.05, 0) is 43.1 Å². The van der Waals surface area contributed by atoms with Gasteiger partial charge in [0.1, 0.15) is 0 Å². The lowest BCUT2D eigenvalue weighted by atomic mass is 10.0. The summed E-state index contributed by atoms with van der Waals surface area (Å²) in [4.78, 5) is 1.99. The highest BCUT2D eigenvalue weighted by Crippen LogP contribution is 2.56. The standard InChI is InChI=1S/C11H12BrN/c1-13-7-8-2-3-9(12)6-10(8)11(13)4-5-11/h2-3,6H,4-5,7H2,1H3/i1D,7D. The van der Waals surface area contributed by atoms with Gasteiger partial charge in [0, 0.05) is 19.3 Å². The van der Waals surface area contributed by atoms with Gasteiger partial charge in [0.2, 0.25) is 0 Å². The zero-order valence-electron chi connectivity index (χ0n) is 9.26. The van der Waals surface area contributed by atoms with Gasteiger partial charge in [-0.3, -0.25) is 4.90 Å². The number of fused-ring (bicyclic) bond motifs is 2. The van der Waals surface area contributed by atoms with E-state index in [2.05, 4.69) is 22.0 Å². The Morgan fingerprint density at radius 2 is 2.46 bits per heavy atom. The number of benzene rings is 1. The molecule has 1 heterocycles. The second-order valence-electron chi connectivity index (χ2n) is 3.86. The first-order valence-corrected chi connectivity index (χ1v) is 5.26. The molecule has 2 aliphatic rings. The van der Waals surface area contributed by atoms with Crippen LogP contribution in [0.2, 0.25) is 0 Å². The quantitative estimate of drug-likeness (QED) is 0.674. The molecular formula is C11H12BrN. The number of hydrogen-bond acceptors (Lipinski definition) is 1. The highest BCUT2D eigenvalue weighted by molar-refractivity contribution is 9.10. The van der Waals surface area contributed by atoms with Gasteiger partial charge in [-0.15, -0.1) is 0 Å². The van der Waals surface area contributed by atoms with Crippen LogP contribution in [-0.2, 0) is 12.1 Å². The van der Waals surface area contributed by atoms with E-state index < -0.39 is 0 Å². The van der Waals surface area contributed by atoms with Gasteiger partial charge in [-0.2, -0.15) is 0 Å². The first-order chi connectivity index (χ1) is 7.19. The second kappa shape index (κ2) is 2.37. The van der Waals surface area contributed by atoms with Crippen molar-refractivity contribution in [3.63, 3.8) is 0 Å². The second-order valence-corrected chi connectivity index (χ2v) is 4.78. The van der Waals surface area contributed by atoms with Crippen LogP contribution in [0.5, 0.6) is 0 Å². The fraction of sp³-hybridized carbons (Fsp3) is 0.455. The van der Waals surface area contributed by atoms with E-state index in [0.717, 1.165) is 22.9 Å². The fourth-order valence-electron chi connectivity index (χ4n) is 2.17. The molecule has 1 aromatic rings. The summed E-state index contributed by atoms with van der Waals surface area (Å²) < 4.78 is 16.8. The molecule has 0 saturated heterocycles. The Kier molecular flexibility index (Phi) is 1.13. The molecule has 1 spiro atoms. The lowest BCUT2D eigenvalue weighted by Gasteiger charge is -2.18. The molecule has 0 radical (unpaired) electrons. The van der Waals surface area contributed by atoms with E-state index >= 15 is 0 Å². The normalized spacial score (nSPS) is 31.3. The van der Waals surface area contributed by atoms with Crippen LogP contribution in [0.15, 0.2) is 22.7 Å². The minimum absolute atomic E-state index is 0.0350. The van der Waals surface area contributed by atoms with Crippen molar-refractivity contribution in [1.82, 2.24) is 4.90 Å². The first kappa shape index (κ1) is 6.20. The Bertz CT molecular complexity index is 417. The van der Waals surface area contributed by atoms with Crippen molar-refractivity contribution in [3.8, 4) is 0 Å². The molecule has 1 saturated carbocycles. The summed E-state index contributed by atoms with van der Waals surface area (Å²) in [7, 11) is 0.223. The van der Waals surface area contributed by atoms with Crippen molar-refractivity contribution in [2.24, 2.45) is 0 Å². The van der Waals surface area contributed by atoms with E-state index in [1.807, 2.05) is 17.0 Å². The van der Waals surface area contributed by atoms with Crippen molar-refractivity contribution in [3.05, 3.63) is 33.8 Å². The van der Waals surface area contributed by atoms with Crippen LogP contribution in [0.3, 0.4) is 0 Å². The molecule has 3 rings (SSSR count). The molecule has 0 bridgehead atoms. The third-order valence-corrected chi connectivity index (χ3v) is 3.58. The third-order valence-electron chi connectivity index (χ3n) is 3.09. The van der Waals surface area contributed by atoms with Crippen molar-refractivity contribution in [1.29, 1.82) is 0 Å². The van der Waals surface area contributed by atoms with Crippen molar-refractivity contribution >= 4 is 15.9 Å². The van der Waals surface area contributed by atoms with E-state index in [4.69, 9.17) is 2.74 Å². The maximum atomic E-state index is 8.13. The average Bonchev–Trinajstić information content (AvgIpc) is 2.95. The van der Waals surface area contributed by atoms with E-state index in [9.17, 15) is 0 Å². The summed E-state index contributed by atoms with van der Waals surface area (Å²) in [5.41, 5.74) is 2.39. The Hall–Kier alpha value is -0.340. The van der Waals surface area contributed by atoms with Crippen molar-refractivity contribution in [2.45, 2.75) is 24.9 Å². The van der Waals surface area contributed by atoms with Gasteiger partial charge < -0.3 is 0 Å². The van der Waals surface area contributed by atoms with Crippen LogP contribution < -0.4 is 0 Å². The van der Waals surface area contributed by atoms with E-state index in [1.54, 1.807) is 0 Å². The maximum absolute atomic E-state index is 8.13. The highest BCUT2D eigenvalue weighted by Gasteiger charge is 2.52. The summed E-state index contributed by atoms with van der Waals surface area (Å²) in [5, 5.41) is 0. The molecule has 1 atom stereocenters. The van der Waals surface area contributed by atoms with Crippen LogP contribution in [0, 0.1) is 0 Å². The van der Waals surface area contributed by atoms with Crippen LogP contribution in [0.4, 0.5) is 0 Å². The molecule has 1 aliphatic heterocycles. The predicted octanol–water partition coefficient (Wildman–Crippen LogP) is 2.88. The lowest BCUT2D eigenvalue weighted by molar-refractivity contribution is 0.247. The van der Waals surface area contributed by atoms with Crippen LogP contribution in [0.1, 0.15) is 26.7 Å². The van der Waals surface area contributed by atoms with Crippen LogP contribution >= 0.6 is 15.9 Å². The van der Waals surface area contributed by atoms with Gasteiger partial charge in [0.05, 0.1) is 0 Å². The highest BCUT2D eigenvalue weighted by atomic mass is 79.9. The smallest absolute Gasteiger partial charge is 0.0482 e. The average molecular weight is 240 g/mol. The minimum Gasteiger partial charge on any atom is -0.292 e. The maximum Gasteiger partial charge on any atom is 0.0482 e. The summed E-state index contributed by atoms with van der Waals surface area (Å²) in [6, 6.07) is 6.14. The third kappa shape index (κ3) is 0.960. The van der Waals surface area contributed by atoms with E-state index in [-0.39, 0.29) is 19.1 Å². The molecule has 0 amide bonds. The van der Waals surface area contributed by atoms with E-state index in [0.29, 0.717) is 0 Å². The number of nitrogens with zero attached hydrogens (tertiary/aromatic N) is 1. The van der Waals surface area contributed by atoms with Crippen LogP contribution in [-0.4, -0.2) is 11.9 Å². The zero-order valence-corrected chi connectivity index (χ0v) is 8.84. The number of rotatable bonds is 0. The molecule has 1 aliphatic carbocycles. The van der Waals surface area contributed by atoms with Crippen LogP contribution in [0.25, 0.3) is 0 Å². The summed E-state index contributed by atoms with van der Waals surface area (Å²) in [6.07, 6.45) is 2.20. The first-order valence-electron chi connectivity index (χ1n) is 5.76. The summed E-state index contributed by atoms with van der Waals surface area (Å²) in [6.45, 7) is -0.340. The molecule has 0 N–H and O–H groups in total. The Labute approximate surface area is 89.7 Å². The summed E-state index contributed by atoms with van der Waals surface area (Å²) in [5.74, 6) is 0. The molecule has 1 nitrogen and oxygen atoms in total. The molecule has 13 heavy (non-hydrogen) atoms. The molecular weight excluding hydrogens is 226 g/mol. The number of hydrogen-bond donors (Lipinski definition) is 0. The van der Waals surface area contributed by atoms with Gasteiger partial charge >= 0.3 is 0 Å². The molecule has 2 heteroatoms. The Balaban J connectivity index is 2.16. The Morgan fingerprint density at radius 1 is 1.62 bits per heavy atom. The minimum atomic E-state index is -0.340. The number of halogens is 1. The van der Waals surface area contributed by atoms with Crippen molar-refractivity contribution < 1.29 is 2.74 Å². The largest absolute Gasteiger partial charge is 0.292 e. The molecule has 1 unspecified atom stereocenters. The summed E-state index contributed by atoms with van der Waals surface area (Å²) >= 11 is 3.48. The lowest BCUT2D eigenvalue weighted by Crippen LogP contribution is -2.23. The Morgan fingerprint density at radius 3 is 3.15 bits per heavy atom. The topological polar surface area (TPSA) is 3.24 Å². The van der Waals surface area contributed by atoms with Crippen molar-refractivity contribution in [2.75, 3.05) is 7.02 Å². The van der Waals surface area contributed by atoms with E-state index in [1.165, 1.54) is 5.56 Å². The SMILES string of the molecule is [2H]CN1C([2H])c2ccc(Br)cc2C12CC2. The van der Waals surface area contributed by atoms with Gasteiger partial charge in [0.25, 0.3) is 0 Å². The van der Waals surface area contributed by atoms with Gasteiger partial charge in [-0.25, -0.2) is 0 Å². The van der Waals surface area contributed by atoms with Gasteiger partial charge in [0.15, 0.2) is 0 Å².